The van der Waals surface area contributed by atoms with Gasteiger partial charge in [0.25, 0.3) is 11.8 Å². The number of H-pyrrole nitrogens is 1. The zero-order valence-corrected chi connectivity index (χ0v) is 11.0. The van der Waals surface area contributed by atoms with Crippen molar-refractivity contribution in [2.45, 2.75) is 0 Å². The van der Waals surface area contributed by atoms with Crippen molar-refractivity contribution in [2.24, 2.45) is 0 Å². The number of carbonyl (C=O) groups excluding carboxylic acids is 2. The largest absolute Gasteiger partial charge is 0.307 e. The number of rotatable bonds is 1. The van der Waals surface area contributed by atoms with E-state index in [1.807, 2.05) is 0 Å². The molecule has 1 aliphatic rings. The number of aromatic nitrogens is 4. The molecular weight excluding hydrogens is 286 g/mol. The highest BCUT2D eigenvalue weighted by Crippen LogP contribution is 2.25. The third kappa shape index (κ3) is 1.64. The van der Waals surface area contributed by atoms with Gasteiger partial charge in [0.1, 0.15) is 11.5 Å². The molecular formula is C14H7N5O3. The Morgan fingerprint density at radius 3 is 2.18 bits per heavy atom. The Labute approximate surface area is 122 Å². The van der Waals surface area contributed by atoms with E-state index in [1.165, 1.54) is 24.5 Å². The number of fused-ring (bicyclic) bond motifs is 2. The third-order valence-electron chi connectivity index (χ3n) is 3.31. The van der Waals surface area contributed by atoms with Crippen LogP contribution in [-0.2, 0) is 0 Å². The molecule has 1 aliphatic heterocycles. The lowest BCUT2D eigenvalue weighted by molar-refractivity contribution is 0.0922. The summed E-state index contributed by atoms with van der Waals surface area (Å²) in [5.41, 5.74) is -0.0303. The van der Waals surface area contributed by atoms with Gasteiger partial charge in [0.15, 0.2) is 11.4 Å². The number of nitrogens with zero attached hydrogens (tertiary/aromatic N) is 4. The standard InChI is InChI=1S/C14H7N5O3/c20-9-4-2-7-1-3-8(17-12(7)18-9)19-13(21)10-11(14(19)22)16-6-5-15-10/h1-6H,(H,17,18,20). The third-order valence-corrected chi connectivity index (χ3v) is 3.31. The Kier molecular flexibility index (Phi) is 2.40. The van der Waals surface area contributed by atoms with Crippen LogP contribution in [0, 0.1) is 0 Å². The molecule has 0 saturated heterocycles. The first kappa shape index (κ1) is 12.3. The van der Waals surface area contributed by atoms with Crippen LogP contribution in [0.25, 0.3) is 11.0 Å². The molecule has 8 nitrogen and oxygen atoms in total. The lowest BCUT2D eigenvalue weighted by Gasteiger charge is -2.12. The number of aromatic amines is 1. The minimum Gasteiger partial charge on any atom is -0.307 e. The SMILES string of the molecule is O=C1c2nccnc2C(=O)N1c1ccc2ccc(=O)[nH]c2n1. The van der Waals surface area contributed by atoms with Gasteiger partial charge in [-0.1, -0.05) is 0 Å². The van der Waals surface area contributed by atoms with Crippen molar-refractivity contribution in [2.75, 3.05) is 4.90 Å². The highest BCUT2D eigenvalue weighted by Gasteiger charge is 2.40. The summed E-state index contributed by atoms with van der Waals surface area (Å²) in [6, 6.07) is 6.18. The molecule has 3 aromatic rings. The lowest BCUT2D eigenvalue weighted by Crippen LogP contribution is -2.30. The summed E-state index contributed by atoms with van der Waals surface area (Å²) in [6.07, 6.45) is 2.69. The number of pyridine rings is 2. The van der Waals surface area contributed by atoms with Crippen LogP contribution in [0.1, 0.15) is 21.0 Å². The van der Waals surface area contributed by atoms with E-state index in [9.17, 15) is 14.4 Å². The number of imide groups is 1. The molecule has 0 radical (unpaired) electrons. The van der Waals surface area contributed by atoms with Gasteiger partial charge in [-0.3, -0.25) is 14.4 Å². The van der Waals surface area contributed by atoms with Crippen LogP contribution in [0.3, 0.4) is 0 Å². The van der Waals surface area contributed by atoms with Gasteiger partial charge < -0.3 is 4.98 Å². The smallest absolute Gasteiger partial charge is 0.287 e. The summed E-state index contributed by atoms with van der Waals surface area (Å²) in [7, 11) is 0. The summed E-state index contributed by atoms with van der Waals surface area (Å²) in [4.78, 5) is 51.4. The Bertz CT molecular complexity index is 976. The summed E-state index contributed by atoms with van der Waals surface area (Å²) in [5.74, 6) is -1.05. The number of carbonyl (C=O) groups is 2. The van der Waals surface area contributed by atoms with E-state index in [2.05, 4.69) is 19.9 Å². The van der Waals surface area contributed by atoms with E-state index >= 15 is 0 Å². The number of amides is 2. The average molecular weight is 293 g/mol. The zero-order chi connectivity index (χ0) is 15.3. The van der Waals surface area contributed by atoms with Crippen molar-refractivity contribution in [3.63, 3.8) is 0 Å². The maximum Gasteiger partial charge on any atom is 0.287 e. The fraction of sp³-hybridized carbons (Fsp3) is 0. The van der Waals surface area contributed by atoms with E-state index in [0.717, 1.165) is 4.90 Å². The van der Waals surface area contributed by atoms with Crippen molar-refractivity contribution >= 4 is 28.7 Å². The first-order valence-corrected chi connectivity index (χ1v) is 6.35. The van der Waals surface area contributed by atoms with E-state index in [4.69, 9.17) is 0 Å². The highest BCUT2D eigenvalue weighted by atomic mass is 16.2. The van der Waals surface area contributed by atoms with E-state index < -0.39 is 11.8 Å². The number of anilines is 1. The molecule has 106 valence electrons. The summed E-state index contributed by atoms with van der Waals surface area (Å²) in [6.45, 7) is 0. The fourth-order valence-corrected chi connectivity index (χ4v) is 2.31. The van der Waals surface area contributed by atoms with Crippen molar-refractivity contribution in [1.82, 2.24) is 19.9 Å². The van der Waals surface area contributed by atoms with E-state index in [1.54, 1.807) is 12.1 Å². The predicted octanol–water partition coefficient (Wildman–Crippen LogP) is 0.514. The molecule has 0 atom stereocenters. The van der Waals surface area contributed by atoms with Gasteiger partial charge in [-0.2, -0.15) is 0 Å². The second-order valence-corrected chi connectivity index (χ2v) is 4.63. The molecule has 1 N–H and O–H groups in total. The number of hydrogen-bond donors (Lipinski definition) is 1. The quantitative estimate of drug-likeness (QED) is 0.655. The molecule has 0 unspecified atom stereocenters. The van der Waals surface area contributed by atoms with Gasteiger partial charge in [-0.25, -0.2) is 19.9 Å². The monoisotopic (exact) mass is 293 g/mol. The van der Waals surface area contributed by atoms with Gasteiger partial charge in [-0.15, -0.1) is 0 Å². The van der Waals surface area contributed by atoms with Crippen molar-refractivity contribution in [3.05, 3.63) is 58.4 Å². The molecule has 3 aromatic heterocycles. The second-order valence-electron chi connectivity index (χ2n) is 4.63. The Morgan fingerprint density at radius 1 is 0.864 bits per heavy atom. The number of hydrogen-bond acceptors (Lipinski definition) is 6. The molecule has 0 spiro atoms. The molecule has 4 rings (SSSR count). The summed E-state index contributed by atoms with van der Waals surface area (Å²) in [5, 5.41) is 0.691. The Hall–Kier alpha value is -3.42. The normalized spacial score (nSPS) is 13.7. The van der Waals surface area contributed by atoms with Crippen LogP contribution in [0.4, 0.5) is 5.82 Å². The van der Waals surface area contributed by atoms with Crippen LogP contribution in [0.5, 0.6) is 0 Å². The van der Waals surface area contributed by atoms with Gasteiger partial charge >= 0.3 is 0 Å². The topological polar surface area (TPSA) is 109 Å². The molecule has 0 saturated carbocycles. The highest BCUT2D eigenvalue weighted by molar-refractivity contribution is 6.32. The second kappa shape index (κ2) is 4.29. The summed E-state index contributed by atoms with van der Waals surface area (Å²) < 4.78 is 0. The van der Waals surface area contributed by atoms with Gasteiger partial charge in [0.2, 0.25) is 5.56 Å². The minimum atomic E-state index is -0.585. The molecule has 8 heteroatoms. The molecule has 0 bridgehead atoms. The van der Waals surface area contributed by atoms with Crippen molar-refractivity contribution < 1.29 is 9.59 Å². The van der Waals surface area contributed by atoms with Gasteiger partial charge in [-0.05, 0) is 18.2 Å². The Balaban J connectivity index is 1.88. The zero-order valence-electron chi connectivity index (χ0n) is 11.0. The fourth-order valence-electron chi connectivity index (χ4n) is 2.31. The maximum absolute atomic E-state index is 12.3. The van der Waals surface area contributed by atoms with E-state index in [-0.39, 0.29) is 22.8 Å². The first-order chi connectivity index (χ1) is 10.6. The Morgan fingerprint density at radius 2 is 1.50 bits per heavy atom. The van der Waals surface area contributed by atoms with E-state index in [0.29, 0.717) is 11.0 Å². The molecule has 0 aliphatic carbocycles. The molecule has 22 heavy (non-hydrogen) atoms. The lowest BCUT2D eigenvalue weighted by atomic mass is 10.3. The average Bonchev–Trinajstić information content (AvgIpc) is 2.79. The summed E-state index contributed by atoms with van der Waals surface area (Å²) >= 11 is 0. The molecule has 0 fully saturated rings. The van der Waals surface area contributed by atoms with Crippen molar-refractivity contribution in [1.29, 1.82) is 0 Å². The van der Waals surface area contributed by atoms with Crippen LogP contribution in [0.15, 0.2) is 41.5 Å². The molecule has 0 aromatic carbocycles. The minimum absolute atomic E-state index is 0.00375. The van der Waals surface area contributed by atoms with Crippen LogP contribution in [-0.4, -0.2) is 31.8 Å². The van der Waals surface area contributed by atoms with Crippen LogP contribution >= 0.6 is 0 Å². The molecule has 2 amide bonds. The van der Waals surface area contributed by atoms with Crippen LogP contribution in [0.2, 0.25) is 0 Å². The van der Waals surface area contributed by atoms with Crippen molar-refractivity contribution in [3.8, 4) is 0 Å². The van der Waals surface area contributed by atoms with Gasteiger partial charge in [0.05, 0.1) is 0 Å². The van der Waals surface area contributed by atoms with Crippen LogP contribution < -0.4 is 10.5 Å². The maximum atomic E-state index is 12.3. The van der Waals surface area contributed by atoms with Gasteiger partial charge in [0, 0.05) is 23.8 Å². The predicted molar refractivity (Wildman–Crippen MR) is 75.5 cm³/mol. The first-order valence-electron chi connectivity index (χ1n) is 6.35. The number of nitrogens with one attached hydrogen (secondary N) is 1. The molecule has 4 heterocycles.